The van der Waals surface area contributed by atoms with Crippen LogP contribution >= 0.6 is 0 Å². The van der Waals surface area contributed by atoms with Gasteiger partial charge in [0.05, 0.1) is 32.9 Å². The Morgan fingerprint density at radius 1 is 0.735 bits per heavy atom. The van der Waals surface area contributed by atoms with Crippen molar-refractivity contribution in [2.24, 2.45) is 0 Å². The van der Waals surface area contributed by atoms with Crippen molar-refractivity contribution in [1.29, 1.82) is 0 Å². The van der Waals surface area contributed by atoms with Crippen LogP contribution in [0.5, 0.6) is 0 Å². The van der Waals surface area contributed by atoms with Crippen LogP contribution in [0.4, 0.5) is 0 Å². The molecule has 0 amide bonds. The number of nitrogens with zero attached hydrogens (tertiary/aromatic N) is 2. The van der Waals surface area contributed by atoms with Gasteiger partial charge in [-0.05, 0) is 49.2 Å². The molecule has 172 valence electrons. The van der Waals surface area contributed by atoms with Gasteiger partial charge in [0, 0.05) is 0 Å². The fourth-order valence-electron chi connectivity index (χ4n) is 4.49. The van der Waals surface area contributed by atoms with Crippen molar-refractivity contribution >= 4 is 33.7 Å². The maximum absolute atomic E-state index is 12.8. The molecule has 34 heavy (non-hydrogen) atoms. The van der Waals surface area contributed by atoms with Gasteiger partial charge < -0.3 is 19.0 Å². The molecule has 0 aliphatic heterocycles. The highest BCUT2D eigenvalue weighted by Gasteiger charge is 2.44. The first kappa shape index (κ1) is 21.5. The van der Waals surface area contributed by atoms with Crippen LogP contribution in [0.1, 0.15) is 64.6 Å². The molecule has 4 aromatic rings. The third kappa shape index (κ3) is 3.43. The Morgan fingerprint density at radius 3 is 1.59 bits per heavy atom. The standard InChI is InChI=1S/C24H18N2O8/c27-18(28)12-4-6-16-14(10-12)20(31)33-22(25-16)24(8-2-1-3-9-24)23-26-17-7-5-13(19(29)30)11-15(17)21(32)34-23/h4-7,10-11H,1-3,8-9H2,(H,27,28)(H,29,30). The summed E-state index contributed by atoms with van der Waals surface area (Å²) in [7, 11) is 0. The van der Waals surface area contributed by atoms with Crippen LogP contribution in [-0.2, 0) is 5.41 Å². The molecule has 1 saturated carbocycles. The lowest BCUT2D eigenvalue weighted by molar-refractivity contribution is 0.0686. The minimum atomic E-state index is -1.18. The first-order chi connectivity index (χ1) is 16.3. The second kappa shape index (κ2) is 7.91. The molecule has 10 nitrogen and oxygen atoms in total. The van der Waals surface area contributed by atoms with Crippen LogP contribution in [0, 0.1) is 0 Å². The monoisotopic (exact) mass is 462 g/mol. The van der Waals surface area contributed by atoms with Crippen molar-refractivity contribution in [3.05, 3.63) is 80.1 Å². The number of fused-ring (bicyclic) bond motifs is 2. The molecule has 0 spiro atoms. The second-order valence-electron chi connectivity index (χ2n) is 8.33. The molecule has 2 aromatic carbocycles. The summed E-state index contributed by atoms with van der Waals surface area (Å²) in [6, 6.07) is 8.00. The molecule has 5 rings (SSSR count). The van der Waals surface area contributed by atoms with Crippen LogP contribution in [-0.4, -0.2) is 32.1 Å². The Morgan fingerprint density at radius 2 is 1.18 bits per heavy atom. The largest absolute Gasteiger partial charge is 0.478 e. The zero-order valence-corrected chi connectivity index (χ0v) is 17.7. The lowest BCUT2D eigenvalue weighted by Gasteiger charge is -2.32. The van der Waals surface area contributed by atoms with Gasteiger partial charge >= 0.3 is 23.2 Å². The Balaban J connectivity index is 1.72. The Labute approximate surface area is 190 Å². The fourth-order valence-corrected chi connectivity index (χ4v) is 4.49. The van der Waals surface area contributed by atoms with Crippen LogP contribution in [0.15, 0.2) is 54.8 Å². The fraction of sp³-hybridized carbons (Fsp3) is 0.250. The molecule has 0 atom stereocenters. The number of hydrogen-bond donors (Lipinski definition) is 2. The number of rotatable bonds is 4. The summed E-state index contributed by atoms with van der Waals surface area (Å²) >= 11 is 0. The average Bonchev–Trinajstić information content (AvgIpc) is 2.83. The van der Waals surface area contributed by atoms with E-state index in [0.29, 0.717) is 12.8 Å². The first-order valence-electron chi connectivity index (χ1n) is 10.7. The number of carboxylic acid groups (broad SMARTS) is 2. The number of aromatic carboxylic acids is 2. The van der Waals surface area contributed by atoms with Gasteiger partial charge in [-0.15, -0.1) is 0 Å². The van der Waals surface area contributed by atoms with E-state index in [0.717, 1.165) is 19.3 Å². The topological polar surface area (TPSA) is 161 Å². The maximum Gasteiger partial charge on any atom is 0.346 e. The molecule has 2 N–H and O–H groups in total. The van der Waals surface area contributed by atoms with E-state index in [1.165, 1.54) is 36.4 Å². The summed E-state index contributed by atoms with van der Waals surface area (Å²) < 4.78 is 11.2. The summed E-state index contributed by atoms with van der Waals surface area (Å²) in [5.41, 5.74) is -2.18. The van der Waals surface area contributed by atoms with Crippen LogP contribution in [0.25, 0.3) is 21.8 Å². The van der Waals surface area contributed by atoms with Crippen molar-refractivity contribution in [1.82, 2.24) is 9.97 Å². The number of carboxylic acids is 2. The van der Waals surface area contributed by atoms with Gasteiger partial charge in [-0.3, -0.25) is 0 Å². The number of hydrogen-bond acceptors (Lipinski definition) is 8. The zero-order chi connectivity index (χ0) is 24.0. The van der Waals surface area contributed by atoms with Crippen LogP contribution in [0.2, 0.25) is 0 Å². The van der Waals surface area contributed by atoms with Crippen molar-refractivity contribution in [3.63, 3.8) is 0 Å². The molecule has 0 radical (unpaired) electrons. The number of aromatic nitrogens is 2. The third-order valence-corrected chi connectivity index (χ3v) is 6.28. The molecule has 1 aliphatic rings. The van der Waals surface area contributed by atoms with Crippen LogP contribution in [0.3, 0.4) is 0 Å². The van der Waals surface area contributed by atoms with E-state index < -0.39 is 28.6 Å². The maximum atomic E-state index is 12.8. The Bertz CT molecular complexity index is 1480. The summed E-state index contributed by atoms with van der Waals surface area (Å²) in [4.78, 5) is 57.2. The molecule has 0 unspecified atom stereocenters. The number of carbonyl (C=O) groups is 2. The van der Waals surface area contributed by atoms with Gasteiger partial charge in [0.25, 0.3) is 0 Å². The van der Waals surface area contributed by atoms with Gasteiger partial charge in [0.15, 0.2) is 0 Å². The van der Waals surface area contributed by atoms with Crippen molar-refractivity contribution in [2.45, 2.75) is 37.5 Å². The summed E-state index contributed by atoms with van der Waals surface area (Å²) in [5.74, 6) is -2.26. The summed E-state index contributed by atoms with van der Waals surface area (Å²) in [6.45, 7) is 0. The van der Waals surface area contributed by atoms with E-state index in [1.54, 1.807) is 0 Å². The molecule has 2 heterocycles. The van der Waals surface area contributed by atoms with Crippen LogP contribution < -0.4 is 11.3 Å². The quantitative estimate of drug-likeness (QED) is 0.460. The molecule has 0 saturated heterocycles. The van der Waals surface area contributed by atoms with E-state index in [4.69, 9.17) is 8.83 Å². The Hall–Kier alpha value is -4.34. The minimum absolute atomic E-state index is 0.0312. The lowest BCUT2D eigenvalue weighted by atomic mass is 9.73. The molecule has 1 fully saturated rings. The Kier molecular flexibility index (Phi) is 5.00. The lowest BCUT2D eigenvalue weighted by Crippen LogP contribution is -2.34. The van der Waals surface area contributed by atoms with E-state index in [9.17, 15) is 29.4 Å². The van der Waals surface area contributed by atoms with Gasteiger partial charge in [-0.1, -0.05) is 19.3 Å². The highest BCUT2D eigenvalue weighted by atomic mass is 16.4. The molecule has 0 bridgehead atoms. The summed E-state index contributed by atoms with van der Waals surface area (Å²) in [5, 5.41) is 18.5. The smallest absolute Gasteiger partial charge is 0.346 e. The van der Waals surface area contributed by atoms with E-state index in [1.807, 2.05) is 0 Å². The first-order valence-corrected chi connectivity index (χ1v) is 10.7. The SMILES string of the molecule is O=C(O)c1ccc2nc(C3(c4nc5ccc(C(=O)O)cc5c(=O)o4)CCCCC3)oc(=O)c2c1. The second-order valence-corrected chi connectivity index (χ2v) is 8.33. The van der Waals surface area contributed by atoms with Crippen molar-refractivity contribution < 1.29 is 28.6 Å². The van der Waals surface area contributed by atoms with Gasteiger partial charge in [-0.25, -0.2) is 29.1 Å². The highest BCUT2D eigenvalue weighted by molar-refractivity contribution is 5.93. The minimum Gasteiger partial charge on any atom is -0.478 e. The van der Waals surface area contributed by atoms with E-state index in [-0.39, 0.29) is 44.7 Å². The van der Waals surface area contributed by atoms with Gasteiger partial charge in [0.1, 0.15) is 5.41 Å². The zero-order valence-electron chi connectivity index (χ0n) is 17.7. The highest BCUT2D eigenvalue weighted by Crippen LogP contribution is 2.43. The predicted octanol–water partition coefficient (Wildman–Crippen LogP) is 3.34. The van der Waals surface area contributed by atoms with Crippen molar-refractivity contribution in [2.75, 3.05) is 0 Å². The molecular weight excluding hydrogens is 444 g/mol. The molecule has 10 heteroatoms. The third-order valence-electron chi connectivity index (χ3n) is 6.28. The summed E-state index contributed by atoms with van der Waals surface area (Å²) in [6.07, 6.45) is 3.37. The van der Waals surface area contributed by atoms with Crippen molar-refractivity contribution in [3.8, 4) is 0 Å². The average molecular weight is 462 g/mol. The molecule has 2 aromatic heterocycles. The number of benzene rings is 2. The van der Waals surface area contributed by atoms with E-state index in [2.05, 4.69) is 9.97 Å². The normalized spacial score (nSPS) is 15.4. The molecular formula is C24H18N2O8. The predicted molar refractivity (Wildman–Crippen MR) is 118 cm³/mol. The molecule has 1 aliphatic carbocycles. The van der Waals surface area contributed by atoms with Gasteiger partial charge in [-0.2, -0.15) is 0 Å². The van der Waals surface area contributed by atoms with Gasteiger partial charge in [0.2, 0.25) is 11.8 Å². The van der Waals surface area contributed by atoms with E-state index >= 15 is 0 Å².